The summed E-state index contributed by atoms with van der Waals surface area (Å²) >= 11 is 0. The van der Waals surface area contributed by atoms with Crippen LogP contribution in [0.25, 0.3) is 0 Å². The van der Waals surface area contributed by atoms with Crippen molar-refractivity contribution in [2.75, 3.05) is 6.61 Å². The molecule has 2 fully saturated rings. The van der Waals surface area contributed by atoms with Crippen LogP contribution in [0.1, 0.15) is 53.4 Å². The predicted octanol–water partition coefficient (Wildman–Crippen LogP) is 2.09. The number of likely N-dealkylation sites (tertiary alicyclic amines) is 1. The van der Waals surface area contributed by atoms with Crippen LogP contribution in [-0.4, -0.2) is 52.5 Å². The first-order chi connectivity index (χ1) is 10.2. The zero-order valence-corrected chi connectivity index (χ0v) is 13.9. The summed E-state index contributed by atoms with van der Waals surface area (Å²) in [6, 6.07) is -0.231. The maximum Gasteiger partial charge on any atom is 0.410 e. The van der Waals surface area contributed by atoms with Crippen molar-refractivity contribution in [3.8, 4) is 0 Å². The van der Waals surface area contributed by atoms with Gasteiger partial charge in [0, 0.05) is 19.4 Å². The summed E-state index contributed by atoms with van der Waals surface area (Å²) in [6.45, 7) is 6.83. The molecule has 0 aromatic rings. The van der Waals surface area contributed by atoms with E-state index in [1.165, 1.54) is 6.92 Å². The number of hydrogen-bond donors (Lipinski definition) is 1. The van der Waals surface area contributed by atoms with Gasteiger partial charge in [0.05, 0.1) is 12.6 Å². The third-order valence-corrected chi connectivity index (χ3v) is 4.38. The second-order valence-electron chi connectivity index (χ2n) is 7.33. The number of carbonyl (C=O) groups excluding carboxylic acids is 2. The molecule has 1 aliphatic carbocycles. The fourth-order valence-electron chi connectivity index (χ4n) is 3.62. The second kappa shape index (κ2) is 6.44. The van der Waals surface area contributed by atoms with Gasteiger partial charge < -0.3 is 14.6 Å². The van der Waals surface area contributed by atoms with Crippen LogP contribution in [0.5, 0.6) is 0 Å². The SMILES string of the molecule is CC(=O)O[C@@H]1CC[C@H]2C[C@@H](CO)N(C(=O)OC(C)(C)C)[C@H]2C1. The number of fused-ring (bicyclic) bond motifs is 1. The van der Waals surface area contributed by atoms with Crippen molar-refractivity contribution >= 4 is 12.1 Å². The van der Waals surface area contributed by atoms with Crippen LogP contribution >= 0.6 is 0 Å². The van der Waals surface area contributed by atoms with Gasteiger partial charge in [-0.3, -0.25) is 9.69 Å². The molecule has 0 unspecified atom stereocenters. The first kappa shape index (κ1) is 17.1. The van der Waals surface area contributed by atoms with Gasteiger partial charge in [0.2, 0.25) is 0 Å². The van der Waals surface area contributed by atoms with E-state index in [2.05, 4.69) is 0 Å². The zero-order chi connectivity index (χ0) is 16.5. The molecule has 1 saturated heterocycles. The van der Waals surface area contributed by atoms with E-state index in [1.807, 2.05) is 20.8 Å². The monoisotopic (exact) mass is 313 g/mol. The van der Waals surface area contributed by atoms with Crippen LogP contribution in [-0.2, 0) is 14.3 Å². The van der Waals surface area contributed by atoms with Crippen molar-refractivity contribution in [3.05, 3.63) is 0 Å². The molecule has 1 saturated carbocycles. The van der Waals surface area contributed by atoms with Gasteiger partial charge in [-0.25, -0.2) is 4.79 Å². The molecule has 0 bridgehead atoms. The summed E-state index contributed by atoms with van der Waals surface area (Å²) in [6.07, 6.45) is 2.59. The fourth-order valence-corrected chi connectivity index (χ4v) is 3.62. The molecule has 1 aliphatic heterocycles. The topological polar surface area (TPSA) is 76.1 Å². The fraction of sp³-hybridized carbons (Fsp3) is 0.875. The second-order valence-corrected chi connectivity index (χ2v) is 7.33. The third kappa shape index (κ3) is 3.91. The highest BCUT2D eigenvalue weighted by atomic mass is 16.6. The van der Waals surface area contributed by atoms with Crippen molar-refractivity contribution in [2.45, 2.75) is 77.2 Å². The van der Waals surface area contributed by atoms with E-state index in [0.717, 1.165) is 19.3 Å². The highest BCUT2D eigenvalue weighted by molar-refractivity contribution is 5.70. The molecule has 2 aliphatic rings. The maximum atomic E-state index is 12.5. The van der Waals surface area contributed by atoms with Gasteiger partial charge in [0.15, 0.2) is 0 Å². The van der Waals surface area contributed by atoms with Gasteiger partial charge in [-0.1, -0.05) is 0 Å². The Bertz CT molecular complexity index is 431. The number of aliphatic hydroxyl groups is 1. The Morgan fingerprint density at radius 1 is 1.23 bits per heavy atom. The third-order valence-electron chi connectivity index (χ3n) is 4.38. The van der Waals surface area contributed by atoms with Crippen LogP contribution in [0.4, 0.5) is 4.79 Å². The molecule has 0 aromatic carbocycles. The molecule has 126 valence electrons. The molecule has 22 heavy (non-hydrogen) atoms. The smallest absolute Gasteiger partial charge is 0.410 e. The molecular weight excluding hydrogens is 286 g/mol. The maximum absolute atomic E-state index is 12.5. The van der Waals surface area contributed by atoms with Crippen molar-refractivity contribution in [2.24, 2.45) is 5.92 Å². The molecular formula is C16H27NO5. The number of aliphatic hydroxyl groups excluding tert-OH is 1. The lowest BCUT2D eigenvalue weighted by molar-refractivity contribution is -0.149. The average Bonchev–Trinajstić information content (AvgIpc) is 2.73. The van der Waals surface area contributed by atoms with E-state index in [0.29, 0.717) is 12.3 Å². The van der Waals surface area contributed by atoms with Crippen LogP contribution < -0.4 is 0 Å². The Morgan fingerprint density at radius 3 is 2.45 bits per heavy atom. The van der Waals surface area contributed by atoms with E-state index < -0.39 is 5.60 Å². The minimum atomic E-state index is -0.570. The van der Waals surface area contributed by atoms with Gasteiger partial charge in [0.25, 0.3) is 0 Å². The van der Waals surface area contributed by atoms with Gasteiger partial charge in [0.1, 0.15) is 11.7 Å². The zero-order valence-electron chi connectivity index (χ0n) is 13.9. The summed E-state index contributed by atoms with van der Waals surface area (Å²) < 4.78 is 10.8. The number of carbonyl (C=O) groups is 2. The van der Waals surface area contributed by atoms with Crippen molar-refractivity contribution in [1.82, 2.24) is 4.90 Å². The van der Waals surface area contributed by atoms with Gasteiger partial charge >= 0.3 is 12.1 Å². The Morgan fingerprint density at radius 2 is 1.91 bits per heavy atom. The quantitative estimate of drug-likeness (QED) is 0.790. The minimum absolute atomic E-state index is 0.0231. The normalized spacial score (nSPS) is 31.6. The molecule has 6 nitrogen and oxygen atoms in total. The van der Waals surface area contributed by atoms with E-state index in [-0.39, 0.29) is 36.9 Å². The first-order valence-corrected chi connectivity index (χ1v) is 8.00. The Kier molecular flexibility index (Phi) is 5.00. The van der Waals surface area contributed by atoms with Crippen LogP contribution in [0, 0.1) is 5.92 Å². The van der Waals surface area contributed by atoms with Gasteiger partial charge in [-0.2, -0.15) is 0 Å². The lowest BCUT2D eigenvalue weighted by Crippen LogP contribution is -2.48. The Hall–Kier alpha value is -1.30. The average molecular weight is 313 g/mol. The number of nitrogens with zero attached hydrogens (tertiary/aromatic N) is 1. The number of esters is 1. The standard InChI is InChI=1S/C16H27NO5/c1-10(19)21-13-6-5-11-7-12(9-18)17(14(11)8-13)15(20)22-16(2,3)4/h11-14,18H,5-9H2,1-4H3/t11-,12-,13+,14-/m0/s1. The molecule has 0 spiro atoms. The van der Waals surface area contributed by atoms with Gasteiger partial charge in [-0.05, 0) is 46.0 Å². The lowest BCUT2D eigenvalue weighted by atomic mass is 9.83. The minimum Gasteiger partial charge on any atom is -0.462 e. The molecule has 6 heteroatoms. The van der Waals surface area contributed by atoms with Crippen molar-refractivity contribution < 1.29 is 24.2 Å². The van der Waals surface area contributed by atoms with E-state index in [9.17, 15) is 14.7 Å². The lowest BCUT2D eigenvalue weighted by Gasteiger charge is -2.37. The summed E-state index contributed by atoms with van der Waals surface area (Å²) in [4.78, 5) is 25.3. The molecule has 4 atom stereocenters. The summed E-state index contributed by atoms with van der Waals surface area (Å²) in [5.41, 5.74) is -0.570. The summed E-state index contributed by atoms with van der Waals surface area (Å²) in [7, 11) is 0. The van der Waals surface area contributed by atoms with Crippen LogP contribution in [0.2, 0.25) is 0 Å². The van der Waals surface area contributed by atoms with Crippen molar-refractivity contribution in [3.63, 3.8) is 0 Å². The first-order valence-electron chi connectivity index (χ1n) is 8.00. The van der Waals surface area contributed by atoms with Crippen LogP contribution in [0.15, 0.2) is 0 Å². The number of hydrogen-bond acceptors (Lipinski definition) is 5. The molecule has 0 radical (unpaired) electrons. The highest BCUT2D eigenvalue weighted by Crippen LogP contribution is 2.41. The van der Waals surface area contributed by atoms with Crippen LogP contribution in [0.3, 0.4) is 0 Å². The highest BCUT2D eigenvalue weighted by Gasteiger charge is 2.48. The predicted molar refractivity (Wildman–Crippen MR) is 80.2 cm³/mol. The molecule has 1 heterocycles. The van der Waals surface area contributed by atoms with E-state index in [1.54, 1.807) is 4.90 Å². The Labute approximate surface area is 131 Å². The summed E-state index contributed by atoms with van der Waals surface area (Å²) in [5.74, 6) is 0.0560. The largest absolute Gasteiger partial charge is 0.462 e. The number of ether oxygens (including phenoxy) is 2. The number of rotatable bonds is 2. The molecule has 1 N–H and O–H groups in total. The molecule has 1 amide bonds. The van der Waals surface area contributed by atoms with Gasteiger partial charge in [-0.15, -0.1) is 0 Å². The number of amides is 1. The van der Waals surface area contributed by atoms with E-state index >= 15 is 0 Å². The van der Waals surface area contributed by atoms with Crippen molar-refractivity contribution in [1.29, 1.82) is 0 Å². The van der Waals surface area contributed by atoms with E-state index in [4.69, 9.17) is 9.47 Å². The molecule has 2 rings (SSSR count). The summed E-state index contributed by atoms with van der Waals surface area (Å²) in [5, 5.41) is 9.61. The molecule has 0 aromatic heterocycles. The Balaban J connectivity index is 2.11.